The number of fused-ring (bicyclic) bond motifs is 6. The van der Waals surface area contributed by atoms with Gasteiger partial charge in [0.1, 0.15) is 5.69 Å². The molecule has 0 bridgehead atoms. The van der Waals surface area contributed by atoms with E-state index in [1.807, 2.05) is 30.5 Å². The molecule has 0 spiro atoms. The van der Waals surface area contributed by atoms with Crippen molar-refractivity contribution in [3.05, 3.63) is 211 Å². The molecule has 0 radical (unpaired) electrons. The van der Waals surface area contributed by atoms with Crippen LogP contribution >= 0.6 is 0 Å². The number of pyridine rings is 1. The Morgan fingerprint density at radius 1 is 0.439 bits per heavy atom. The molecule has 3 aromatic heterocycles. The van der Waals surface area contributed by atoms with Crippen LogP contribution < -0.4 is 0 Å². The van der Waals surface area contributed by atoms with Crippen molar-refractivity contribution < 1.29 is 0 Å². The van der Waals surface area contributed by atoms with Crippen molar-refractivity contribution in [3.63, 3.8) is 0 Å². The number of amidine groups is 2. The summed E-state index contributed by atoms with van der Waals surface area (Å²) < 4.78 is 4.72. The van der Waals surface area contributed by atoms with E-state index >= 15 is 0 Å². The maximum atomic E-state index is 5.20. The van der Waals surface area contributed by atoms with Gasteiger partial charge in [0.25, 0.3) is 0 Å². The third-order valence-electron chi connectivity index (χ3n) is 11.2. The zero-order chi connectivity index (χ0) is 37.9. The summed E-state index contributed by atoms with van der Waals surface area (Å²) >= 11 is 0. The fraction of sp³-hybridized carbons (Fsp3) is 0.0392. The summed E-state index contributed by atoms with van der Waals surface area (Å²) in [4.78, 5) is 17.6. The van der Waals surface area contributed by atoms with Crippen LogP contribution in [0.3, 0.4) is 0 Å². The molecule has 1 atom stereocenters. The molecular weight excluding hydrogens is 697 g/mol. The van der Waals surface area contributed by atoms with Crippen LogP contribution in [0.1, 0.15) is 23.0 Å². The Bertz CT molecular complexity index is 3160. The number of benzene rings is 7. The Balaban J connectivity index is 1.03. The molecule has 0 fully saturated rings. The number of rotatable bonds is 6. The molecule has 6 heteroatoms. The first kappa shape index (κ1) is 32.8. The van der Waals surface area contributed by atoms with Crippen molar-refractivity contribution in [2.24, 2.45) is 9.98 Å². The maximum absolute atomic E-state index is 5.20. The highest BCUT2D eigenvalue weighted by molar-refractivity contribution is 6.19. The lowest BCUT2D eigenvalue weighted by Crippen LogP contribution is -2.36. The minimum atomic E-state index is -0.282. The zero-order valence-electron chi connectivity index (χ0n) is 31.2. The first-order valence-electron chi connectivity index (χ1n) is 19.3. The molecule has 0 amide bonds. The highest BCUT2D eigenvalue weighted by atomic mass is 15.3. The van der Waals surface area contributed by atoms with E-state index in [2.05, 4.69) is 185 Å². The van der Waals surface area contributed by atoms with Crippen LogP contribution in [-0.4, -0.2) is 37.7 Å². The van der Waals surface area contributed by atoms with Crippen LogP contribution in [0.4, 0.5) is 0 Å². The Kier molecular flexibility index (Phi) is 7.67. The molecule has 0 aliphatic carbocycles. The van der Waals surface area contributed by atoms with Crippen LogP contribution in [0.25, 0.3) is 66.1 Å². The van der Waals surface area contributed by atoms with Gasteiger partial charge in [-0.05, 0) is 65.2 Å². The third-order valence-corrected chi connectivity index (χ3v) is 11.2. The van der Waals surface area contributed by atoms with Crippen LogP contribution in [0.5, 0.6) is 0 Å². The average Bonchev–Trinajstić information content (AvgIpc) is 3.78. The lowest BCUT2D eigenvalue weighted by Gasteiger charge is -2.32. The molecule has 4 heterocycles. The minimum Gasteiger partial charge on any atom is -0.332 e. The fourth-order valence-corrected chi connectivity index (χ4v) is 8.48. The smallest absolute Gasteiger partial charge is 0.159 e. The summed E-state index contributed by atoms with van der Waals surface area (Å²) in [5.74, 6) is 1.45. The first-order chi connectivity index (χ1) is 28.2. The van der Waals surface area contributed by atoms with Gasteiger partial charge in [-0.25, -0.2) is 9.98 Å². The second-order valence-corrected chi connectivity index (χ2v) is 14.6. The van der Waals surface area contributed by atoms with Crippen molar-refractivity contribution in [3.8, 4) is 22.5 Å². The Morgan fingerprint density at radius 3 is 1.60 bits per heavy atom. The summed E-state index contributed by atoms with van der Waals surface area (Å²) in [7, 11) is 2.06. The summed E-state index contributed by atoms with van der Waals surface area (Å²) in [5, 5.41) is 4.88. The lowest BCUT2D eigenvalue weighted by atomic mass is 10.0. The van der Waals surface area contributed by atoms with Crippen molar-refractivity contribution >= 4 is 55.3 Å². The van der Waals surface area contributed by atoms with Gasteiger partial charge < -0.3 is 14.0 Å². The summed E-state index contributed by atoms with van der Waals surface area (Å²) in [5.41, 5.74) is 11.9. The van der Waals surface area contributed by atoms with Gasteiger partial charge in [0, 0.05) is 39.8 Å². The molecule has 1 unspecified atom stereocenters. The molecule has 7 aromatic carbocycles. The van der Waals surface area contributed by atoms with Crippen molar-refractivity contribution in [1.29, 1.82) is 0 Å². The summed E-state index contributed by atoms with van der Waals surface area (Å²) in [6, 6.07) is 66.3. The molecule has 57 heavy (non-hydrogen) atoms. The van der Waals surface area contributed by atoms with Crippen LogP contribution in [0.2, 0.25) is 0 Å². The molecule has 1 aliphatic heterocycles. The Hall–Kier alpha value is -7.57. The van der Waals surface area contributed by atoms with Crippen LogP contribution in [0, 0.1) is 0 Å². The standard InChI is InChI=1S/C51H36N6/c1-55-50(37-27-25-35(26-28-37)34-15-5-2-6-16-34)53-49(36-17-7-3-8-18-36)54-51(55)44-30-29-39(33-52-44)57-46-24-14-12-22-41(46)43-31-42-40-21-11-13-23-45(40)56(47(42)32-48(43)57)38-19-9-4-10-20-38/h2-33,50H,1H3. The molecular formula is C51H36N6. The van der Waals surface area contributed by atoms with E-state index in [9.17, 15) is 0 Å². The number of aliphatic imine (C=N–C) groups is 2. The van der Waals surface area contributed by atoms with E-state index in [4.69, 9.17) is 15.0 Å². The van der Waals surface area contributed by atoms with Gasteiger partial charge >= 0.3 is 0 Å². The van der Waals surface area contributed by atoms with E-state index in [-0.39, 0.29) is 6.17 Å². The van der Waals surface area contributed by atoms with Gasteiger partial charge in [-0.1, -0.05) is 140 Å². The van der Waals surface area contributed by atoms with Gasteiger partial charge in [-0.2, -0.15) is 0 Å². The number of para-hydroxylation sites is 3. The molecule has 0 N–H and O–H groups in total. The highest BCUT2D eigenvalue weighted by Crippen LogP contribution is 2.39. The van der Waals surface area contributed by atoms with E-state index in [1.54, 1.807) is 0 Å². The van der Waals surface area contributed by atoms with Crippen LogP contribution in [0.15, 0.2) is 204 Å². The predicted molar refractivity (Wildman–Crippen MR) is 235 cm³/mol. The number of hydrogen-bond donors (Lipinski definition) is 0. The van der Waals surface area contributed by atoms with Crippen molar-refractivity contribution in [2.75, 3.05) is 7.05 Å². The fourth-order valence-electron chi connectivity index (χ4n) is 8.48. The SMILES string of the molecule is CN1C(c2ccc(-n3c4ccccc4c4cc5c6ccccc6n(-c6ccccc6)c5cc43)cn2)=NC(c2ccccc2)=NC1c1ccc(-c2ccccc2)cc1. The van der Waals surface area contributed by atoms with Crippen molar-refractivity contribution in [2.45, 2.75) is 6.17 Å². The molecule has 11 rings (SSSR count). The highest BCUT2D eigenvalue weighted by Gasteiger charge is 2.28. The van der Waals surface area contributed by atoms with Gasteiger partial charge in [-0.15, -0.1) is 0 Å². The van der Waals surface area contributed by atoms with E-state index in [0.29, 0.717) is 5.84 Å². The predicted octanol–water partition coefficient (Wildman–Crippen LogP) is 11.8. The third kappa shape index (κ3) is 5.45. The maximum Gasteiger partial charge on any atom is 0.159 e. The summed E-state index contributed by atoms with van der Waals surface area (Å²) in [6.45, 7) is 0. The van der Waals surface area contributed by atoms with E-state index in [1.165, 1.54) is 38.2 Å². The Morgan fingerprint density at radius 2 is 0.982 bits per heavy atom. The quantitative estimate of drug-likeness (QED) is 0.171. The van der Waals surface area contributed by atoms with E-state index in [0.717, 1.165) is 50.6 Å². The molecule has 0 saturated carbocycles. The summed E-state index contributed by atoms with van der Waals surface area (Å²) in [6.07, 6.45) is 1.70. The lowest BCUT2D eigenvalue weighted by molar-refractivity contribution is 0.382. The van der Waals surface area contributed by atoms with E-state index < -0.39 is 0 Å². The van der Waals surface area contributed by atoms with Gasteiger partial charge in [0.2, 0.25) is 0 Å². The molecule has 1 aliphatic rings. The number of hydrogen-bond acceptors (Lipinski definition) is 4. The molecule has 10 aromatic rings. The molecule has 6 nitrogen and oxygen atoms in total. The van der Waals surface area contributed by atoms with Crippen LogP contribution in [-0.2, 0) is 0 Å². The van der Waals surface area contributed by atoms with Gasteiger partial charge in [-0.3, -0.25) is 4.98 Å². The largest absolute Gasteiger partial charge is 0.332 e. The monoisotopic (exact) mass is 732 g/mol. The Labute approximate surface area is 330 Å². The first-order valence-corrected chi connectivity index (χ1v) is 19.3. The average molecular weight is 733 g/mol. The molecule has 270 valence electrons. The van der Waals surface area contributed by atoms with Crippen molar-refractivity contribution in [1.82, 2.24) is 19.0 Å². The second-order valence-electron chi connectivity index (χ2n) is 14.6. The van der Waals surface area contributed by atoms with Gasteiger partial charge in [0.05, 0.1) is 34.0 Å². The number of aromatic nitrogens is 3. The second kappa shape index (κ2) is 13.3. The zero-order valence-corrected chi connectivity index (χ0v) is 31.2. The molecule has 0 saturated heterocycles. The number of nitrogens with zero attached hydrogens (tertiary/aromatic N) is 6. The normalized spacial score (nSPS) is 14.4. The van der Waals surface area contributed by atoms with Gasteiger partial charge in [0.15, 0.2) is 17.8 Å². The topological polar surface area (TPSA) is 50.7 Å². The minimum absolute atomic E-state index is 0.282.